The van der Waals surface area contributed by atoms with E-state index in [0.29, 0.717) is 13.2 Å². The van der Waals surface area contributed by atoms with Gasteiger partial charge in [-0.1, -0.05) is 42.0 Å². The fraction of sp³-hybridized carbons (Fsp3) is 0.269. The van der Waals surface area contributed by atoms with Crippen LogP contribution in [0, 0.1) is 6.92 Å². The standard InChI is InChI=1S/C26H28N2O3/c1-20-13-15-21(16-14-20)31-19-26-27-22-9-3-4-10-23(22)28(26)17-7-8-18-30-25-12-6-5-11-24(25)29-2/h3-6,9-16H,7-8,17-19H2,1-2H3. The Bertz CT molecular complexity index is 1120. The first kappa shape index (κ1) is 20.8. The number of aryl methyl sites for hydroxylation is 2. The van der Waals surface area contributed by atoms with Gasteiger partial charge in [0, 0.05) is 6.54 Å². The van der Waals surface area contributed by atoms with Gasteiger partial charge in [-0.2, -0.15) is 0 Å². The molecule has 4 aromatic rings. The molecule has 160 valence electrons. The summed E-state index contributed by atoms with van der Waals surface area (Å²) in [6.45, 7) is 4.01. The highest BCUT2D eigenvalue weighted by atomic mass is 16.5. The predicted octanol–water partition coefficient (Wildman–Crippen LogP) is 5.79. The van der Waals surface area contributed by atoms with Gasteiger partial charge in [-0.25, -0.2) is 4.98 Å². The number of rotatable bonds is 10. The van der Waals surface area contributed by atoms with E-state index in [1.54, 1.807) is 7.11 Å². The molecule has 1 heterocycles. The number of imidazole rings is 1. The molecule has 0 amide bonds. The number of benzene rings is 3. The second-order valence-electron chi connectivity index (χ2n) is 7.48. The van der Waals surface area contributed by atoms with E-state index in [0.717, 1.165) is 53.5 Å². The molecule has 0 spiro atoms. The van der Waals surface area contributed by atoms with Crippen molar-refractivity contribution in [1.29, 1.82) is 0 Å². The van der Waals surface area contributed by atoms with E-state index in [9.17, 15) is 0 Å². The van der Waals surface area contributed by atoms with Crippen molar-refractivity contribution in [2.24, 2.45) is 0 Å². The molecule has 4 rings (SSSR count). The summed E-state index contributed by atoms with van der Waals surface area (Å²) in [7, 11) is 1.66. The zero-order chi connectivity index (χ0) is 21.5. The van der Waals surface area contributed by atoms with Gasteiger partial charge in [0.05, 0.1) is 24.8 Å². The highest BCUT2D eigenvalue weighted by molar-refractivity contribution is 5.75. The Morgan fingerprint density at radius 3 is 2.35 bits per heavy atom. The van der Waals surface area contributed by atoms with Gasteiger partial charge in [-0.05, 0) is 56.2 Å². The average molecular weight is 417 g/mol. The van der Waals surface area contributed by atoms with Crippen molar-refractivity contribution in [2.75, 3.05) is 13.7 Å². The molecule has 5 nitrogen and oxygen atoms in total. The summed E-state index contributed by atoms with van der Waals surface area (Å²) >= 11 is 0. The molecule has 0 bridgehead atoms. The molecule has 3 aromatic carbocycles. The van der Waals surface area contributed by atoms with Crippen LogP contribution in [-0.4, -0.2) is 23.3 Å². The maximum atomic E-state index is 6.01. The number of fused-ring (bicyclic) bond motifs is 1. The quantitative estimate of drug-likeness (QED) is 0.307. The van der Waals surface area contributed by atoms with Gasteiger partial charge < -0.3 is 18.8 Å². The SMILES string of the molecule is COc1ccccc1OCCCCn1c(COc2ccc(C)cc2)nc2ccccc21. The number of hydrogen-bond acceptors (Lipinski definition) is 4. The Hall–Kier alpha value is -3.47. The van der Waals surface area contributed by atoms with Crippen LogP contribution in [0.5, 0.6) is 17.2 Å². The van der Waals surface area contributed by atoms with E-state index in [-0.39, 0.29) is 0 Å². The molecule has 31 heavy (non-hydrogen) atoms. The Morgan fingerprint density at radius 1 is 0.806 bits per heavy atom. The van der Waals surface area contributed by atoms with Crippen LogP contribution < -0.4 is 14.2 Å². The number of hydrogen-bond donors (Lipinski definition) is 0. The molecule has 0 radical (unpaired) electrons. The number of aromatic nitrogens is 2. The number of methoxy groups -OCH3 is 1. The molecule has 0 saturated carbocycles. The van der Waals surface area contributed by atoms with Gasteiger partial charge >= 0.3 is 0 Å². The molecule has 0 unspecified atom stereocenters. The fourth-order valence-electron chi connectivity index (χ4n) is 3.56. The summed E-state index contributed by atoms with van der Waals surface area (Å²) < 4.78 is 19.5. The van der Waals surface area contributed by atoms with Gasteiger partial charge in [-0.15, -0.1) is 0 Å². The molecule has 0 saturated heterocycles. The minimum Gasteiger partial charge on any atom is -0.493 e. The Kier molecular flexibility index (Phi) is 6.72. The van der Waals surface area contributed by atoms with E-state index < -0.39 is 0 Å². The van der Waals surface area contributed by atoms with Gasteiger partial charge in [0.1, 0.15) is 18.2 Å². The lowest BCUT2D eigenvalue weighted by Gasteiger charge is -2.12. The molecule has 0 aliphatic heterocycles. The predicted molar refractivity (Wildman–Crippen MR) is 123 cm³/mol. The summed E-state index contributed by atoms with van der Waals surface area (Å²) in [4.78, 5) is 4.80. The maximum absolute atomic E-state index is 6.01. The minimum atomic E-state index is 0.440. The molecule has 0 fully saturated rings. The maximum Gasteiger partial charge on any atom is 0.161 e. The van der Waals surface area contributed by atoms with Crippen LogP contribution in [0.2, 0.25) is 0 Å². The molecule has 0 N–H and O–H groups in total. The third kappa shape index (κ3) is 5.18. The van der Waals surface area contributed by atoms with Crippen molar-refractivity contribution in [3.8, 4) is 17.2 Å². The largest absolute Gasteiger partial charge is 0.493 e. The van der Waals surface area contributed by atoms with Crippen LogP contribution in [0.15, 0.2) is 72.8 Å². The zero-order valence-electron chi connectivity index (χ0n) is 18.1. The highest BCUT2D eigenvalue weighted by Crippen LogP contribution is 2.26. The van der Waals surface area contributed by atoms with Crippen LogP contribution in [0.25, 0.3) is 11.0 Å². The number of ether oxygens (including phenoxy) is 3. The normalized spacial score (nSPS) is 10.9. The Balaban J connectivity index is 1.38. The third-order valence-corrected chi connectivity index (χ3v) is 5.23. The fourth-order valence-corrected chi connectivity index (χ4v) is 3.56. The Labute approximate surface area is 183 Å². The first-order valence-electron chi connectivity index (χ1n) is 10.6. The number of nitrogens with zero attached hydrogens (tertiary/aromatic N) is 2. The molecule has 0 atom stereocenters. The van der Waals surface area contributed by atoms with Gasteiger partial charge in [0.25, 0.3) is 0 Å². The molecule has 0 aliphatic carbocycles. The lowest BCUT2D eigenvalue weighted by Crippen LogP contribution is -2.09. The van der Waals surface area contributed by atoms with Gasteiger partial charge in [0.15, 0.2) is 11.5 Å². The minimum absolute atomic E-state index is 0.440. The van der Waals surface area contributed by atoms with Crippen molar-refractivity contribution in [2.45, 2.75) is 32.9 Å². The molecule has 0 aliphatic rings. The van der Waals surface area contributed by atoms with Gasteiger partial charge in [0.2, 0.25) is 0 Å². The van der Waals surface area contributed by atoms with Crippen molar-refractivity contribution in [1.82, 2.24) is 9.55 Å². The first-order valence-corrected chi connectivity index (χ1v) is 10.6. The third-order valence-electron chi connectivity index (χ3n) is 5.23. The van der Waals surface area contributed by atoms with Crippen molar-refractivity contribution in [3.63, 3.8) is 0 Å². The van der Waals surface area contributed by atoms with Crippen LogP contribution in [-0.2, 0) is 13.2 Å². The Morgan fingerprint density at radius 2 is 1.55 bits per heavy atom. The molecular formula is C26H28N2O3. The lowest BCUT2D eigenvalue weighted by atomic mass is 10.2. The second kappa shape index (κ2) is 10.0. The summed E-state index contributed by atoms with van der Waals surface area (Å²) in [6.07, 6.45) is 1.91. The van der Waals surface area contributed by atoms with E-state index >= 15 is 0 Å². The average Bonchev–Trinajstić information content (AvgIpc) is 3.16. The van der Waals surface area contributed by atoms with Gasteiger partial charge in [-0.3, -0.25) is 0 Å². The van der Waals surface area contributed by atoms with Crippen molar-refractivity contribution < 1.29 is 14.2 Å². The number of para-hydroxylation sites is 4. The summed E-state index contributed by atoms with van der Waals surface area (Å²) in [5.74, 6) is 3.34. The molecule has 1 aromatic heterocycles. The van der Waals surface area contributed by atoms with Crippen LogP contribution in [0.4, 0.5) is 0 Å². The summed E-state index contributed by atoms with van der Waals surface area (Å²) in [6, 6.07) is 24.1. The van der Waals surface area contributed by atoms with E-state index in [1.807, 2.05) is 48.5 Å². The van der Waals surface area contributed by atoms with Crippen LogP contribution >= 0.6 is 0 Å². The van der Waals surface area contributed by atoms with E-state index in [1.165, 1.54) is 5.56 Å². The zero-order valence-corrected chi connectivity index (χ0v) is 18.1. The van der Waals surface area contributed by atoms with Crippen molar-refractivity contribution in [3.05, 3.63) is 84.2 Å². The first-order chi connectivity index (χ1) is 15.2. The summed E-state index contributed by atoms with van der Waals surface area (Å²) in [5, 5.41) is 0. The van der Waals surface area contributed by atoms with Crippen LogP contribution in [0.1, 0.15) is 24.2 Å². The van der Waals surface area contributed by atoms with Crippen LogP contribution in [0.3, 0.4) is 0 Å². The van der Waals surface area contributed by atoms with Crippen molar-refractivity contribution >= 4 is 11.0 Å². The smallest absolute Gasteiger partial charge is 0.161 e. The second-order valence-corrected chi connectivity index (χ2v) is 7.48. The molecule has 5 heteroatoms. The lowest BCUT2D eigenvalue weighted by molar-refractivity contribution is 0.278. The van der Waals surface area contributed by atoms with E-state index in [4.69, 9.17) is 19.2 Å². The monoisotopic (exact) mass is 416 g/mol. The topological polar surface area (TPSA) is 45.5 Å². The molecular weight excluding hydrogens is 388 g/mol. The highest BCUT2D eigenvalue weighted by Gasteiger charge is 2.11. The number of unbranched alkanes of at least 4 members (excludes halogenated alkanes) is 1. The summed E-state index contributed by atoms with van der Waals surface area (Å²) in [5.41, 5.74) is 3.35. The van der Waals surface area contributed by atoms with E-state index in [2.05, 4.69) is 35.8 Å².